The van der Waals surface area contributed by atoms with Crippen LogP contribution in [0.5, 0.6) is 0 Å². The van der Waals surface area contributed by atoms with Crippen LogP contribution < -0.4 is 0 Å². The fourth-order valence-corrected chi connectivity index (χ4v) is 7.91. The molecule has 0 radical (unpaired) electrons. The van der Waals surface area contributed by atoms with Gasteiger partial charge >= 0.3 is 11.9 Å². The third kappa shape index (κ3) is 3.97. The summed E-state index contributed by atoms with van der Waals surface area (Å²) in [5.41, 5.74) is 1.25. The summed E-state index contributed by atoms with van der Waals surface area (Å²) in [7, 11) is 0. The van der Waals surface area contributed by atoms with Gasteiger partial charge in [-0.2, -0.15) is 0 Å². The molecule has 4 aliphatic carbocycles. The van der Waals surface area contributed by atoms with Gasteiger partial charge in [-0.3, -0.25) is 9.59 Å². The van der Waals surface area contributed by atoms with Crippen molar-refractivity contribution in [2.24, 2.45) is 34.5 Å². The van der Waals surface area contributed by atoms with Crippen LogP contribution in [0.25, 0.3) is 0 Å². The molecular weight excluding hydrogens is 404 g/mol. The van der Waals surface area contributed by atoms with Crippen LogP contribution in [-0.4, -0.2) is 30.4 Å². The normalized spacial score (nSPS) is 40.8. The molecule has 4 rings (SSSR count). The number of allylic oxidation sites excluding steroid dienone is 1. The number of hydrogen-bond donors (Lipinski definition) is 0. The molecular formula is C27H38O5. The lowest BCUT2D eigenvalue weighted by Crippen LogP contribution is -2.54. The van der Waals surface area contributed by atoms with E-state index in [9.17, 15) is 14.4 Å². The highest BCUT2D eigenvalue weighted by Gasteiger charge is 2.60. The summed E-state index contributed by atoms with van der Waals surface area (Å²) in [6.07, 6.45) is 13.0. The maximum Gasteiger partial charge on any atom is 0.330 e. The zero-order valence-electron chi connectivity index (χ0n) is 20.0. The molecule has 0 bridgehead atoms. The summed E-state index contributed by atoms with van der Waals surface area (Å²) < 4.78 is 10.8. The van der Waals surface area contributed by atoms with Crippen molar-refractivity contribution in [2.75, 3.05) is 6.61 Å². The fourth-order valence-electron chi connectivity index (χ4n) is 7.91. The van der Waals surface area contributed by atoms with Gasteiger partial charge in [0.05, 0.1) is 6.61 Å². The highest BCUT2D eigenvalue weighted by molar-refractivity contribution is 5.92. The van der Waals surface area contributed by atoms with Gasteiger partial charge in [0, 0.05) is 19.4 Å². The van der Waals surface area contributed by atoms with Crippen LogP contribution >= 0.6 is 0 Å². The van der Waals surface area contributed by atoms with Gasteiger partial charge in [0.15, 0.2) is 5.78 Å². The standard InChI is InChI=1S/C27H38O5/c1-5-31-25(30)8-6-7-18-9-10-21-20-16-24(32-17(2)28)23-15-19(29)11-13-27(23,4)22(20)12-14-26(18,21)3/h6,8,15,18,20-22,24H,5,7,9-14,16H2,1-4H3/b8-6+. The number of rotatable bonds is 5. The molecule has 5 heteroatoms. The van der Waals surface area contributed by atoms with E-state index in [1.807, 2.05) is 13.0 Å². The van der Waals surface area contributed by atoms with E-state index in [-0.39, 0.29) is 34.7 Å². The highest BCUT2D eigenvalue weighted by atomic mass is 16.5. The van der Waals surface area contributed by atoms with Crippen LogP contribution in [0.2, 0.25) is 0 Å². The van der Waals surface area contributed by atoms with Gasteiger partial charge in [-0.1, -0.05) is 19.9 Å². The van der Waals surface area contributed by atoms with E-state index in [1.165, 1.54) is 26.2 Å². The summed E-state index contributed by atoms with van der Waals surface area (Å²) in [5, 5.41) is 0. The van der Waals surface area contributed by atoms with Gasteiger partial charge in [-0.25, -0.2) is 4.79 Å². The molecule has 5 nitrogen and oxygen atoms in total. The lowest BCUT2D eigenvalue weighted by molar-refractivity contribution is -0.153. The van der Waals surface area contributed by atoms with Crippen LogP contribution in [0.4, 0.5) is 0 Å². The first kappa shape index (κ1) is 23.3. The Bertz CT molecular complexity index is 841. The zero-order valence-corrected chi connectivity index (χ0v) is 20.0. The lowest BCUT2D eigenvalue weighted by atomic mass is 9.46. The molecule has 4 aliphatic rings. The third-order valence-electron chi connectivity index (χ3n) is 9.42. The second-order valence-electron chi connectivity index (χ2n) is 10.9. The van der Waals surface area contributed by atoms with E-state index in [4.69, 9.17) is 9.47 Å². The van der Waals surface area contributed by atoms with E-state index >= 15 is 0 Å². The Kier molecular flexibility index (Phi) is 6.39. The number of ketones is 1. The average molecular weight is 443 g/mol. The molecule has 0 aromatic heterocycles. The monoisotopic (exact) mass is 442 g/mol. The van der Waals surface area contributed by atoms with E-state index in [2.05, 4.69) is 13.8 Å². The van der Waals surface area contributed by atoms with Crippen LogP contribution in [0.1, 0.15) is 79.1 Å². The van der Waals surface area contributed by atoms with Crippen LogP contribution in [0.3, 0.4) is 0 Å². The molecule has 0 amide bonds. The largest absolute Gasteiger partial charge is 0.463 e. The number of ether oxygens (including phenoxy) is 2. The van der Waals surface area contributed by atoms with Crippen molar-refractivity contribution < 1.29 is 23.9 Å². The second kappa shape index (κ2) is 8.79. The van der Waals surface area contributed by atoms with Gasteiger partial charge in [0.1, 0.15) is 6.10 Å². The number of hydrogen-bond acceptors (Lipinski definition) is 5. The number of carbonyl (C=O) groups is 3. The zero-order chi connectivity index (χ0) is 23.1. The Morgan fingerprint density at radius 3 is 2.66 bits per heavy atom. The topological polar surface area (TPSA) is 69.7 Å². The van der Waals surface area contributed by atoms with Gasteiger partial charge < -0.3 is 9.47 Å². The molecule has 0 aliphatic heterocycles. The Hall–Kier alpha value is -1.91. The Labute approximate surface area is 192 Å². The van der Waals surface area contributed by atoms with E-state index in [0.717, 1.165) is 31.3 Å². The Balaban J connectivity index is 1.57. The molecule has 32 heavy (non-hydrogen) atoms. The first-order chi connectivity index (χ1) is 15.2. The van der Waals surface area contributed by atoms with Crippen molar-refractivity contribution in [2.45, 2.75) is 85.2 Å². The smallest absolute Gasteiger partial charge is 0.330 e. The van der Waals surface area contributed by atoms with Crippen LogP contribution in [0, 0.1) is 34.5 Å². The lowest BCUT2D eigenvalue weighted by Gasteiger charge is -2.59. The molecule has 7 atom stereocenters. The molecule has 0 saturated heterocycles. The quantitative estimate of drug-likeness (QED) is 0.433. The Morgan fingerprint density at radius 2 is 1.94 bits per heavy atom. The first-order valence-corrected chi connectivity index (χ1v) is 12.4. The van der Waals surface area contributed by atoms with Crippen molar-refractivity contribution in [1.29, 1.82) is 0 Å². The van der Waals surface area contributed by atoms with Crippen molar-refractivity contribution >= 4 is 17.7 Å². The van der Waals surface area contributed by atoms with Crippen LogP contribution in [-0.2, 0) is 23.9 Å². The molecule has 0 spiro atoms. The van der Waals surface area contributed by atoms with Gasteiger partial charge in [-0.15, -0.1) is 0 Å². The highest BCUT2D eigenvalue weighted by Crippen LogP contribution is 2.67. The summed E-state index contributed by atoms with van der Waals surface area (Å²) >= 11 is 0. The molecule has 7 unspecified atom stereocenters. The third-order valence-corrected chi connectivity index (χ3v) is 9.42. The van der Waals surface area contributed by atoms with Crippen molar-refractivity contribution in [1.82, 2.24) is 0 Å². The fraction of sp³-hybridized carbons (Fsp3) is 0.741. The average Bonchev–Trinajstić information content (AvgIpc) is 3.06. The SMILES string of the molecule is CCOC(=O)/C=C/CC1CCC2C3CC(OC(C)=O)C4=CC(=O)CCC4(C)C3CCC12C. The van der Waals surface area contributed by atoms with Gasteiger partial charge in [0.25, 0.3) is 0 Å². The first-order valence-electron chi connectivity index (χ1n) is 12.4. The van der Waals surface area contributed by atoms with Gasteiger partial charge in [0.2, 0.25) is 0 Å². The van der Waals surface area contributed by atoms with Crippen molar-refractivity contribution in [3.05, 3.63) is 23.8 Å². The molecule has 176 valence electrons. The second-order valence-corrected chi connectivity index (χ2v) is 10.9. The molecule has 3 saturated carbocycles. The molecule has 3 fully saturated rings. The van der Waals surface area contributed by atoms with E-state index < -0.39 is 0 Å². The minimum Gasteiger partial charge on any atom is -0.463 e. The summed E-state index contributed by atoms with van der Waals surface area (Å²) in [5.74, 6) is 1.85. The number of fused-ring (bicyclic) bond motifs is 5. The molecule has 0 heterocycles. The molecule has 0 aromatic carbocycles. The minimum absolute atomic E-state index is 0.0554. The summed E-state index contributed by atoms with van der Waals surface area (Å²) in [4.78, 5) is 35.9. The maximum atomic E-state index is 12.3. The van der Waals surface area contributed by atoms with E-state index in [1.54, 1.807) is 12.2 Å². The molecule has 0 aromatic rings. The van der Waals surface area contributed by atoms with Crippen molar-refractivity contribution in [3.8, 4) is 0 Å². The predicted molar refractivity (Wildman–Crippen MR) is 122 cm³/mol. The molecule has 0 N–H and O–H groups in total. The predicted octanol–water partition coefficient (Wildman–Crippen LogP) is 5.19. The number of carbonyl (C=O) groups excluding carboxylic acids is 3. The summed E-state index contributed by atoms with van der Waals surface area (Å²) in [6, 6.07) is 0. The summed E-state index contributed by atoms with van der Waals surface area (Å²) in [6.45, 7) is 8.46. The van der Waals surface area contributed by atoms with Crippen molar-refractivity contribution in [3.63, 3.8) is 0 Å². The number of esters is 2. The van der Waals surface area contributed by atoms with Crippen LogP contribution in [0.15, 0.2) is 23.8 Å². The maximum absolute atomic E-state index is 12.3. The van der Waals surface area contributed by atoms with Gasteiger partial charge in [-0.05, 0) is 98.0 Å². The Morgan fingerprint density at radius 1 is 1.16 bits per heavy atom. The van der Waals surface area contributed by atoms with E-state index in [0.29, 0.717) is 36.7 Å². The minimum atomic E-state index is -0.270.